The second-order valence-electron chi connectivity index (χ2n) is 6.34. The molecule has 0 bridgehead atoms. The molecule has 0 amide bonds. The van der Waals surface area contributed by atoms with Crippen LogP contribution in [0.15, 0.2) is 18.2 Å². The van der Waals surface area contributed by atoms with Crippen LogP contribution in [0.1, 0.15) is 37.1 Å². The van der Waals surface area contributed by atoms with Gasteiger partial charge in [0.1, 0.15) is 5.75 Å². The molecule has 1 heterocycles. The van der Waals surface area contributed by atoms with Crippen molar-refractivity contribution in [1.29, 1.82) is 0 Å². The highest BCUT2D eigenvalue weighted by atomic mass is 35.5. The smallest absolute Gasteiger partial charge is 0.264 e. The average Bonchev–Trinajstić information content (AvgIpc) is 2.51. The molecule has 0 saturated heterocycles. The van der Waals surface area contributed by atoms with Crippen molar-refractivity contribution in [2.24, 2.45) is 0 Å². The summed E-state index contributed by atoms with van der Waals surface area (Å²) in [7, 11) is 0. The Labute approximate surface area is 153 Å². The van der Waals surface area contributed by atoms with E-state index in [1.54, 1.807) is 25.1 Å². The van der Waals surface area contributed by atoms with E-state index in [0.29, 0.717) is 28.6 Å². The standard InChI is InChI=1S/C19H25ClN2O3/c1-6-15(13(5)23)22-16-9-12(4)21-19(17(16)24)25-18-10(2)7-14(20)8-11(18)3/h7-9,13,15,23-24H,6H2,1-5H3,(H,21,22). The van der Waals surface area contributed by atoms with Gasteiger partial charge in [0.2, 0.25) is 5.75 Å². The van der Waals surface area contributed by atoms with Crippen molar-refractivity contribution in [2.45, 2.75) is 53.2 Å². The summed E-state index contributed by atoms with van der Waals surface area (Å²) in [6.07, 6.45) is 0.160. The molecule has 0 aliphatic heterocycles. The number of aliphatic hydroxyl groups excluding tert-OH is 1. The molecule has 1 aromatic heterocycles. The zero-order chi connectivity index (χ0) is 18.7. The average molecular weight is 365 g/mol. The summed E-state index contributed by atoms with van der Waals surface area (Å²) in [6, 6.07) is 5.15. The summed E-state index contributed by atoms with van der Waals surface area (Å²) < 4.78 is 5.90. The normalized spacial score (nSPS) is 13.4. The van der Waals surface area contributed by atoms with Gasteiger partial charge in [-0.3, -0.25) is 0 Å². The molecule has 136 valence electrons. The number of aromatic nitrogens is 1. The predicted molar refractivity (Wildman–Crippen MR) is 101 cm³/mol. The number of ether oxygens (including phenoxy) is 1. The maximum atomic E-state index is 10.6. The van der Waals surface area contributed by atoms with Crippen molar-refractivity contribution >= 4 is 17.3 Å². The molecule has 0 aliphatic carbocycles. The fourth-order valence-electron chi connectivity index (χ4n) is 2.74. The van der Waals surface area contributed by atoms with Crippen LogP contribution >= 0.6 is 11.6 Å². The number of rotatable bonds is 6. The summed E-state index contributed by atoms with van der Waals surface area (Å²) in [5, 5.41) is 24.2. The van der Waals surface area contributed by atoms with Crippen molar-refractivity contribution < 1.29 is 14.9 Å². The van der Waals surface area contributed by atoms with Crippen LogP contribution in [0.3, 0.4) is 0 Å². The van der Waals surface area contributed by atoms with Crippen LogP contribution in [0.4, 0.5) is 5.69 Å². The minimum absolute atomic E-state index is 0.0848. The largest absolute Gasteiger partial charge is 0.502 e. The van der Waals surface area contributed by atoms with Gasteiger partial charge in [-0.1, -0.05) is 18.5 Å². The van der Waals surface area contributed by atoms with Crippen molar-refractivity contribution in [3.8, 4) is 17.4 Å². The van der Waals surface area contributed by atoms with Crippen molar-refractivity contribution in [3.05, 3.63) is 40.0 Å². The van der Waals surface area contributed by atoms with E-state index in [2.05, 4.69) is 10.3 Å². The zero-order valence-corrected chi connectivity index (χ0v) is 16.0. The molecule has 2 aromatic rings. The first-order valence-corrected chi connectivity index (χ1v) is 8.70. The quantitative estimate of drug-likeness (QED) is 0.691. The van der Waals surface area contributed by atoms with E-state index < -0.39 is 6.10 Å². The minimum atomic E-state index is -0.553. The Bertz CT molecular complexity index is 740. The van der Waals surface area contributed by atoms with Gasteiger partial charge in [0, 0.05) is 10.7 Å². The first-order valence-electron chi connectivity index (χ1n) is 8.32. The SMILES string of the molecule is CCC(Nc1cc(C)nc(Oc2c(C)cc(Cl)cc2C)c1O)C(C)O. The molecule has 3 N–H and O–H groups in total. The molecule has 25 heavy (non-hydrogen) atoms. The third-order valence-corrected chi connectivity index (χ3v) is 4.29. The van der Waals surface area contributed by atoms with Gasteiger partial charge in [-0.2, -0.15) is 0 Å². The Balaban J connectivity index is 2.40. The molecule has 1 aromatic carbocycles. The van der Waals surface area contributed by atoms with Crippen LogP contribution in [0, 0.1) is 20.8 Å². The molecule has 2 unspecified atom stereocenters. The molecule has 0 radical (unpaired) electrons. The monoisotopic (exact) mass is 364 g/mol. The van der Waals surface area contributed by atoms with Gasteiger partial charge in [0.05, 0.1) is 17.8 Å². The number of anilines is 1. The minimum Gasteiger partial charge on any atom is -0.502 e. The van der Waals surface area contributed by atoms with Crippen LogP contribution in [0.2, 0.25) is 5.02 Å². The zero-order valence-electron chi connectivity index (χ0n) is 15.2. The molecule has 6 heteroatoms. The van der Waals surface area contributed by atoms with Gasteiger partial charge >= 0.3 is 0 Å². The van der Waals surface area contributed by atoms with Crippen molar-refractivity contribution in [2.75, 3.05) is 5.32 Å². The fourth-order valence-corrected chi connectivity index (χ4v) is 3.06. The van der Waals surface area contributed by atoms with Crippen molar-refractivity contribution in [1.82, 2.24) is 4.98 Å². The highest BCUT2D eigenvalue weighted by Gasteiger charge is 2.19. The lowest BCUT2D eigenvalue weighted by Gasteiger charge is -2.22. The first-order chi connectivity index (χ1) is 11.7. The van der Waals surface area contributed by atoms with E-state index in [-0.39, 0.29) is 17.7 Å². The Hall–Kier alpha value is -1.98. The van der Waals surface area contributed by atoms with E-state index in [4.69, 9.17) is 16.3 Å². The summed E-state index contributed by atoms with van der Waals surface area (Å²) in [4.78, 5) is 4.30. The number of hydrogen-bond acceptors (Lipinski definition) is 5. The fraction of sp³-hybridized carbons (Fsp3) is 0.421. The first kappa shape index (κ1) is 19.3. The number of pyridine rings is 1. The molecule has 0 fully saturated rings. The Morgan fingerprint density at radius 3 is 2.32 bits per heavy atom. The number of hydrogen-bond donors (Lipinski definition) is 3. The van der Waals surface area contributed by atoms with E-state index in [9.17, 15) is 10.2 Å². The molecule has 2 atom stereocenters. The Morgan fingerprint density at radius 1 is 1.20 bits per heavy atom. The lowest BCUT2D eigenvalue weighted by molar-refractivity contribution is 0.169. The second-order valence-corrected chi connectivity index (χ2v) is 6.77. The van der Waals surface area contributed by atoms with E-state index in [1.165, 1.54) is 0 Å². The topological polar surface area (TPSA) is 74.6 Å². The van der Waals surface area contributed by atoms with E-state index in [1.807, 2.05) is 27.7 Å². The third kappa shape index (κ3) is 4.55. The number of benzene rings is 1. The van der Waals surface area contributed by atoms with Crippen LogP contribution < -0.4 is 10.1 Å². The van der Waals surface area contributed by atoms with Crippen LogP contribution in [-0.4, -0.2) is 27.3 Å². The predicted octanol–water partition coefficient (Wildman–Crippen LogP) is 4.73. The number of aromatic hydroxyl groups is 1. The second kappa shape index (κ2) is 7.93. The van der Waals surface area contributed by atoms with E-state index in [0.717, 1.165) is 11.1 Å². The molecule has 0 saturated carbocycles. The number of aliphatic hydroxyl groups is 1. The molecule has 0 aliphatic rings. The highest BCUT2D eigenvalue weighted by molar-refractivity contribution is 6.30. The Kier molecular flexibility index (Phi) is 6.14. The molecular formula is C19H25ClN2O3. The number of aryl methyl sites for hydroxylation is 3. The van der Waals surface area contributed by atoms with Gasteiger partial charge in [0.15, 0.2) is 0 Å². The van der Waals surface area contributed by atoms with Crippen LogP contribution in [0.25, 0.3) is 0 Å². The van der Waals surface area contributed by atoms with Gasteiger partial charge in [-0.15, -0.1) is 0 Å². The molecule has 2 rings (SSSR count). The molecule has 0 spiro atoms. The van der Waals surface area contributed by atoms with Gasteiger partial charge in [0.25, 0.3) is 5.88 Å². The van der Waals surface area contributed by atoms with Gasteiger partial charge in [-0.25, -0.2) is 4.98 Å². The summed E-state index contributed by atoms with van der Waals surface area (Å²) in [6.45, 7) is 9.28. The van der Waals surface area contributed by atoms with Crippen LogP contribution in [-0.2, 0) is 0 Å². The molecule has 5 nitrogen and oxygen atoms in total. The van der Waals surface area contributed by atoms with Crippen molar-refractivity contribution in [3.63, 3.8) is 0 Å². The maximum Gasteiger partial charge on any atom is 0.264 e. The number of nitrogens with zero attached hydrogens (tertiary/aromatic N) is 1. The lowest BCUT2D eigenvalue weighted by atomic mass is 10.1. The van der Waals surface area contributed by atoms with Crippen LogP contribution in [0.5, 0.6) is 17.4 Å². The number of nitrogens with one attached hydrogen (secondary N) is 1. The third-order valence-electron chi connectivity index (χ3n) is 4.08. The highest BCUT2D eigenvalue weighted by Crippen LogP contribution is 2.39. The summed E-state index contributed by atoms with van der Waals surface area (Å²) in [5.74, 6) is 0.654. The molecular weight excluding hydrogens is 340 g/mol. The summed E-state index contributed by atoms with van der Waals surface area (Å²) in [5.41, 5.74) is 2.90. The van der Waals surface area contributed by atoms with Gasteiger partial charge in [-0.05, 0) is 63.4 Å². The van der Waals surface area contributed by atoms with Gasteiger partial charge < -0.3 is 20.3 Å². The van der Waals surface area contributed by atoms with E-state index >= 15 is 0 Å². The number of halogens is 1. The lowest BCUT2D eigenvalue weighted by Crippen LogP contribution is -2.30. The Morgan fingerprint density at radius 2 is 1.80 bits per heavy atom. The summed E-state index contributed by atoms with van der Waals surface area (Å²) >= 11 is 6.06. The maximum absolute atomic E-state index is 10.6.